The Bertz CT molecular complexity index is 426. The Labute approximate surface area is 114 Å². The topological polar surface area (TPSA) is 55.1 Å². The van der Waals surface area contributed by atoms with Gasteiger partial charge in [-0.1, -0.05) is 55.9 Å². The zero-order valence-corrected chi connectivity index (χ0v) is 11.9. The van der Waals surface area contributed by atoms with Gasteiger partial charge in [0.05, 0.1) is 10.9 Å². The SMILES string of the molecule is Cc1ccc(CNC(=O)C(C(N)=S)C(C)C)cc1. The van der Waals surface area contributed by atoms with E-state index < -0.39 is 5.92 Å². The minimum atomic E-state index is -0.398. The van der Waals surface area contributed by atoms with Crippen molar-refractivity contribution in [3.8, 4) is 0 Å². The van der Waals surface area contributed by atoms with Crippen molar-refractivity contribution < 1.29 is 4.79 Å². The molecule has 0 aliphatic rings. The highest BCUT2D eigenvalue weighted by atomic mass is 32.1. The van der Waals surface area contributed by atoms with Gasteiger partial charge < -0.3 is 11.1 Å². The van der Waals surface area contributed by atoms with E-state index in [-0.39, 0.29) is 16.8 Å². The first kappa shape index (κ1) is 14.6. The van der Waals surface area contributed by atoms with E-state index in [0.717, 1.165) is 5.56 Å². The number of aryl methyl sites for hydroxylation is 1. The average Bonchev–Trinajstić information content (AvgIpc) is 2.27. The molecule has 0 aliphatic heterocycles. The Kier molecular flexibility index (Phi) is 5.28. The van der Waals surface area contributed by atoms with Crippen LogP contribution in [0.2, 0.25) is 0 Å². The van der Waals surface area contributed by atoms with E-state index in [4.69, 9.17) is 18.0 Å². The molecule has 98 valence electrons. The molecular weight excluding hydrogens is 244 g/mol. The van der Waals surface area contributed by atoms with E-state index in [1.807, 2.05) is 45.0 Å². The molecule has 3 N–H and O–H groups in total. The second kappa shape index (κ2) is 6.50. The molecule has 0 spiro atoms. The summed E-state index contributed by atoms with van der Waals surface area (Å²) in [6.45, 7) is 6.42. The number of amides is 1. The summed E-state index contributed by atoms with van der Waals surface area (Å²) < 4.78 is 0. The molecule has 1 aromatic rings. The molecule has 0 saturated heterocycles. The Morgan fingerprint density at radius 2 is 1.89 bits per heavy atom. The lowest BCUT2D eigenvalue weighted by Gasteiger charge is -2.18. The minimum absolute atomic E-state index is 0.0990. The molecule has 0 heterocycles. The lowest BCUT2D eigenvalue weighted by atomic mass is 9.95. The van der Waals surface area contributed by atoms with Crippen molar-refractivity contribution in [1.82, 2.24) is 5.32 Å². The van der Waals surface area contributed by atoms with Gasteiger partial charge >= 0.3 is 0 Å². The summed E-state index contributed by atoms with van der Waals surface area (Å²) in [4.78, 5) is 12.2. The molecular formula is C14H20N2OS. The van der Waals surface area contributed by atoms with Crippen LogP contribution in [0, 0.1) is 18.8 Å². The molecule has 0 fully saturated rings. The maximum Gasteiger partial charge on any atom is 0.230 e. The lowest BCUT2D eigenvalue weighted by Crippen LogP contribution is -2.40. The highest BCUT2D eigenvalue weighted by Crippen LogP contribution is 2.12. The zero-order valence-electron chi connectivity index (χ0n) is 11.1. The fourth-order valence-electron chi connectivity index (χ4n) is 1.77. The van der Waals surface area contributed by atoms with Gasteiger partial charge in [0, 0.05) is 6.54 Å². The third-order valence-corrected chi connectivity index (χ3v) is 3.10. The van der Waals surface area contributed by atoms with Crippen LogP contribution in [0.15, 0.2) is 24.3 Å². The standard InChI is InChI=1S/C14H20N2OS/c1-9(2)12(13(15)18)14(17)16-8-11-6-4-10(3)5-7-11/h4-7,9,12H,8H2,1-3H3,(H2,15,18)(H,16,17). The molecule has 0 radical (unpaired) electrons. The first-order valence-corrected chi connectivity index (χ1v) is 6.45. The summed E-state index contributed by atoms with van der Waals surface area (Å²) in [5, 5.41) is 2.87. The van der Waals surface area contributed by atoms with Crippen molar-refractivity contribution in [2.24, 2.45) is 17.6 Å². The van der Waals surface area contributed by atoms with Crippen LogP contribution >= 0.6 is 12.2 Å². The van der Waals surface area contributed by atoms with E-state index in [2.05, 4.69) is 5.32 Å². The molecule has 1 amide bonds. The maximum absolute atomic E-state index is 12.0. The summed E-state index contributed by atoms with van der Waals surface area (Å²) in [6.07, 6.45) is 0. The summed E-state index contributed by atoms with van der Waals surface area (Å²) in [5.41, 5.74) is 7.87. The van der Waals surface area contributed by atoms with Crippen LogP contribution in [0.3, 0.4) is 0 Å². The van der Waals surface area contributed by atoms with Crippen LogP contribution in [0.1, 0.15) is 25.0 Å². The minimum Gasteiger partial charge on any atom is -0.393 e. The summed E-state index contributed by atoms with van der Waals surface area (Å²) in [5.74, 6) is -0.385. The maximum atomic E-state index is 12.0. The van der Waals surface area contributed by atoms with Crippen molar-refractivity contribution in [1.29, 1.82) is 0 Å². The average molecular weight is 264 g/mol. The van der Waals surface area contributed by atoms with Crippen molar-refractivity contribution in [2.45, 2.75) is 27.3 Å². The highest BCUT2D eigenvalue weighted by Gasteiger charge is 2.24. The molecule has 0 saturated carbocycles. The molecule has 0 bridgehead atoms. The Morgan fingerprint density at radius 3 is 2.33 bits per heavy atom. The quantitative estimate of drug-likeness (QED) is 0.801. The molecule has 18 heavy (non-hydrogen) atoms. The number of benzene rings is 1. The van der Waals surface area contributed by atoms with E-state index >= 15 is 0 Å². The number of nitrogens with two attached hydrogens (primary N) is 1. The van der Waals surface area contributed by atoms with Crippen LogP contribution in [0.4, 0.5) is 0 Å². The van der Waals surface area contributed by atoms with E-state index in [0.29, 0.717) is 6.54 Å². The second-order valence-corrected chi connectivity index (χ2v) is 5.30. The summed E-state index contributed by atoms with van der Waals surface area (Å²) >= 11 is 4.93. The van der Waals surface area contributed by atoms with Gasteiger partial charge in [0.25, 0.3) is 0 Å². The van der Waals surface area contributed by atoms with Crippen LogP contribution in [0.5, 0.6) is 0 Å². The Morgan fingerprint density at radius 1 is 1.33 bits per heavy atom. The van der Waals surface area contributed by atoms with E-state index in [9.17, 15) is 4.79 Å². The number of rotatable bonds is 5. The second-order valence-electron chi connectivity index (χ2n) is 4.83. The fourth-order valence-corrected chi connectivity index (χ4v) is 2.14. The van der Waals surface area contributed by atoms with Gasteiger partial charge in [0.2, 0.25) is 5.91 Å². The first-order chi connectivity index (χ1) is 8.41. The van der Waals surface area contributed by atoms with Crippen LogP contribution in [-0.2, 0) is 11.3 Å². The predicted molar refractivity (Wildman–Crippen MR) is 78.1 cm³/mol. The van der Waals surface area contributed by atoms with Crippen molar-refractivity contribution >= 4 is 23.1 Å². The van der Waals surface area contributed by atoms with Gasteiger partial charge in [0.15, 0.2) is 0 Å². The molecule has 1 unspecified atom stereocenters. The third kappa shape index (κ3) is 4.11. The number of thiocarbonyl (C=S) groups is 1. The van der Waals surface area contributed by atoms with Crippen LogP contribution in [0.25, 0.3) is 0 Å². The molecule has 3 nitrogen and oxygen atoms in total. The number of hydrogen-bond donors (Lipinski definition) is 2. The molecule has 1 rings (SSSR count). The van der Waals surface area contributed by atoms with E-state index in [1.54, 1.807) is 0 Å². The number of carbonyl (C=O) groups excluding carboxylic acids is 1. The largest absolute Gasteiger partial charge is 0.393 e. The molecule has 0 aromatic heterocycles. The smallest absolute Gasteiger partial charge is 0.230 e. The van der Waals surface area contributed by atoms with Gasteiger partial charge in [0.1, 0.15) is 0 Å². The predicted octanol–water partition coefficient (Wildman–Crippen LogP) is 2.17. The van der Waals surface area contributed by atoms with Crippen molar-refractivity contribution in [3.63, 3.8) is 0 Å². The van der Waals surface area contributed by atoms with Crippen LogP contribution < -0.4 is 11.1 Å². The lowest BCUT2D eigenvalue weighted by molar-refractivity contribution is -0.124. The van der Waals surface area contributed by atoms with Gasteiger partial charge in [-0.25, -0.2) is 0 Å². The van der Waals surface area contributed by atoms with Crippen LogP contribution in [-0.4, -0.2) is 10.9 Å². The number of carbonyl (C=O) groups is 1. The van der Waals surface area contributed by atoms with Crippen molar-refractivity contribution in [2.75, 3.05) is 0 Å². The molecule has 1 aromatic carbocycles. The molecule has 0 aliphatic carbocycles. The number of nitrogens with one attached hydrogen (secondary N) is 1. The third-order valence-electron chi connectivity index (χ3n) is 2.84. The Hall–Kier alpha value is -1.42. The molecule has 4 heteroatoms. The summed E-state index contributed by atoms with van der Waals surface area (Å²) in [7, 11) is 0. The van der Waals surface area contributed by atoms with E-state index in [1.165, 1.54) is 5.56 Å². The highest BCUT2D eigenvalue weighted by molar-refractivity contribution is 7.80. The first-order valence-electron chi connectivity index (χ1n) is 6.04. The monoisotopic (exact) mass is 264 g/mol. The van der Waals surface area contributed by atoms with Gasteiger partial charge in [-0.05, 0) is 18.4 Å². The zero-order chi connectivity index (χ0) is 13.7. The number of hydrogen-bond acceptors (Lipinski definition) is 2. The van der Waals surface area contributed by atoms with Gasteiger partial charge in [-0.3, -0.25) is 4.79 Å². The fraction of sp³-hybridized carbons (Fsp3) is 0.429. The van der Waals surface area contributed by atoms with Crippen molar-refractivity contribution in [3.05, 3.63) is 35.4 Å². The molecule has 1 atom stereocenters. The normalized spacial score (nSPS) is 12.2. The van der Waals surface area contributed by atoms with Gasteiger partial charge in [-0.15, -0.1) is 0 Å². The van der Waals surface area contributed by atoms with Gasteiger partial charge in [-0.2, -0.15) is 0 Å². The summed E-state index contributed by atoms with van der Waals surface area (Å²) in [6, 6.07) is 8.05. The Balaban J connectivity index is 2.59.